The zero-order chi connectivity index (χ0) is 21.3. The molecule has 0 saturated carbocycles. The molecule has 1 aromatic heterocycles. The first-order valence-electron chi connectivity index (χ1n) is 8.56. The number of carbonyl (C=O) groups is 2. The molecule has 3 amide bonds. The number of sulfone groups is 1. The normalized spacial score (nSPS) is 12.6. The number of methoxy groups -OCH3 is 2. The molecule has 12 heteroatoms. The van der Waals surface area contributed by atoms with Crippen molar-refractivity contribution in [3.05, 3.63) is 17.0 Å². The van der Waals surface area contributed by atoms with Crippen LogP contribution in [0.15, 0.2) is 4.52 Å². The van der Waals surface area contributed by atoms with Gasteiger partial charge >= 0.3 is 6.03 Å². The van der Waals surface area contributed by atoms with Crippen LogP contribution in [0.2, 0.25) is 0 Å². The number of aromatic nitrogens is 1. The lowest BCUT2D eigenvalue weighted by molar-refractivity contribution is -0.119. The Labute approximate surface area is 164 Å². The lowest BCUT2D eigenvalue weighted by atomic mass is 10.2. The van der Waals surface area contributed by atoms with Gasteiger partial charge in [0.05, 0.1) is 30.4 Å². The number of nitrogens with one attached hydrogen (secondary N) is 1. The fraction of sp³-hybridized carbons (Fsp3) is 0.688. The molecule has 11 nitrogen and oxygen atoms in total. The van der Waals surface area contributed by atoms with E-state index in [0.29, 0.717) is 17.0 Å². The van der Waals surface area contributed by atoms with Crippen LogP contribution < -0.4 is 11.1 Å². The van der Waals surface area contributed by atoms with Crippen molar-refractivity contribution in [2.75, 3.05) is 46.3 Å². The van der Waals surface area contributed by atoms with Gasteiger partial charge in [0, 0.05) is 32.9 Å². The SMILES string of the molecule is COCCN(CCOC)C(=O)N[C@@H](CS(=O)(=O)Cc1c(C)noc1C)C(N)=O. The summed E-state index contributed by atoms with van der Waals surface area (Å²) in [4.78, 5) is 25.6. The monoisotopic (exact) mass is 420 g/mol. The van der Waals surface area contributed by atoms with Crippen molar-refractivity contribution >= 4 is 21.8 Å². The third-order valence-electron chi connectivity index (χ3n) is 4.03. The highest BCUT2D eigenvalue weighted by Crippen LogP contribution is 2.16. The number of ether oxygens (including phenoxy) is 2. The highest BCUT2D eigenvalue weighted by atomic mass is 32.2. The third kappa shape index (κ3) is 7.44. The largest absolute Gasteiger partial charge is 0.383 e. The van der Waals surface area contributed by atoms with Crippen LogP contribution in [0.1, 0.15) is 17.0 Å². The Balaban J connectivity index is 2.85. The van der Waals surface area contributed by atoms with Gasteiger partial charge in [-0.3, -0.25) is 4.79 Å². The number of rotatable bonds is 12. The zero-order valence-electron chi connectivity index (χ0n) is 16.6. The van der Waals surface area contributed by atoms with E-state index in [2.05, 4.69) is 10.5 Å². The van der Waals surface area contributed by atoms with Gasteiger partial charge in [-0.2, -0.15) is 0 Å². The Morgan fingerprint density at radius 2 is 1.79 bits per heavy atom. The first-order valence-corrected chi connectivity index (χ1v) is 10.4. The molecule has 0 bridgehead atoms. The van der Waals surface area contributed by atoms with Gasteiger partial charge in [0.15, 0.2) is 9.84 Å². The summed E-state index contributed by atoms with van der Waals surface area (Å²) in [5.41, 5.74) is 6.19. The number of urea groups is 1. The lowest BCUT2D eigenvalue weighted by Gasteiger charge is -2.25. The van der Waals surface area contributed by atoms with E-state index in [0.717, 1.165) is 0 Å². The average molecular weight is 420 g/mol. The molecule has 28 heavy (non-hydrogen) atoms. The predicted molar refractivity (Wildman–Crippen MR) is 100 cm³/mol. The second-order valence-corrected chi connectivity index (χ2v) is 8.34. The van der Waals surface area contributed by atoms with E-state index < -0.39 is 33.6 Å². The molecule has 160 valence electrons. The van der Waals surface area contributed by atoms with Crippen LogP contribution in [0, 0.1) is 13.8 Å². The van der Waals surface area contributed by atoms with Gasteiger partial charge in [0.25, 0.3) is 0 Å². The van der Waals surface area contributed by atoms with Crippen molar-refractivity contribution in [2.45, 2.75) is 25.6 Å². The number of amides is 3. The summed E-state index contributed by atoms with van der Waals surface area (Å²) in [6, 6.07) is -2.02. The van der Waals surface area contributed by atoms with E-state index in [9.17, 15) is 18.0 Å². The van der Waals surface area contributed by atoms with Crippen molar-refractivity contribution in [1.29, 1.82) is 0 Å². The minimum Gasteiger partial charge on any atom is -0.383 e. The number of nitrogens with zero attached hydrogens (tertiary/aromatic N) is 2. The van der Waals surface area contributed by atoms with Crippen LogP contribution in [0.3, 0.4) is 0 Å². The predicted octanol–water partition coefficient (Wildman–Crippen LogP) is -0.635. The van der Waals surface area contributed by atoms with Crippen molar-refractivity contribution in [2.24, 2.45) is 5.73 Å². The van der Waals surface area contributed by atoms with Crippen LogP contribution in [-0.4, -0.2) is 82.7 Å². The van der Waals surface area contributed by atoms with Gasteiger partial charge in [0.2, 0.25) is 5.91 Å². The fourth-order valence-electron chi connectivity index (χ4n) is 2.39. The molecule has 0 aromatic carbocycles. The van der Waals surface area contributed by atoms with Gasteiger partial charge in [-0.1, -0.05) is 5.16 Å². The molecular formula is C16H28N4O7S. The number of primary amides is 1. The Morgan fingerprint density at radius 3 is 2.21 bits per heavy atom. The van der Waals surface area contributed by atoms with E-state index in [4.69, 9.17) is 19.7 Å². The minimum absolute atomic E-state index is 0.239. The molecule has 0 unspecified atom stereocenters. The fourth-order valence-corrected chi connectivity index (χ4v) is 4.12. The van der Waals surface area contributed by atoms with E-state index >= 15 is 0 Å². The third-order valence-corrected chi connectivity index (χ3v) is 5.59. The van der Waals surface area contributed by atoms with Gasteiger partial charge in [-0.15, -0.1) is 0 Å². The number of hydrogen-bond donors (Lipinski definition) is 2. The van der Waals surface area contributed by atoms with Crippen LogP contribution in [0.5, 0.6) is 0 Å². The summed E-state index contributed by atoms with van der Waals surface area (Å²) in [5, 5.41) is 6.09. The van der Waals surface area contributed by atoms with Gasteiger partial charge < -0.3 is 29.9 Å². The van der Waals surface area contributed by atoms with E-state index in [-0.39, 0.29) is 32.1 Å². The van der Waals surface area contributed by atoms with Gasteiger partial charge in [0.1, 0.15) is 11.8 Å². The summed E-state index contributed by atoms with van der Waals surface area (Å²) in [7, 11) is -0.810. The second-order valence-electron chi connectivity index (χ2n) is 6.23. The summed E-state index contributed by atoms with van der Waals surface area (Å²) in [6.07, 6.45) is 0. The Kier molecular flexibility index (Phi) is 9.35. The van der Waals surface area contributed by atoms with Gasteiger partial charge in [-0.25, -0.2) is 13.2 Å². The lowest BCUT2D eigenvalue weighted by Crippen LogP contribution is -2.53. The standard InChI is InChI=1S/C16H28N4O7S/c1-11-13(12(2)27-19-11)9-28(23,24)10-14(15(17)21)18-16(22)20(5-7-25-3)6-8-26-4/h14H,5-10H2,1-4H3,(H2,17,21)(H,18,22)/t14-/m0/s1. The molecule has 0 aliphatic rings. The molecule has 1 heterocycles. The molecule has 0 aliphatic heterocycles. The highest BCUT2D eigenvalue weighted by molar-refractivity contribution is 7.90. The average Bonchev–Trinajstić information content (AvgIpc) is 2.92. The minimum atomic E-state index is -3.78. The van der Waals surface area contributed by atoms with Crippen molar-refractivity contribution < 1.29 is 32.0 Å². The van der Waals surface area contributed by atoms with Crippen LogP contribution in [0.4, 0.5) is 4.79 Å². The molecule has 0 saturated heterocycles. The maximum atomic E-state index is 12.5. The molecular weight excluding hydrogens is 392 g/mol. The molecule has 3 N–H and O–H groups in total. The van der Waals surface area contributed by atoms with Crippen LogP contribution in [-0.2, 0) is 29.9 Å². The van der Waals surface area contributed by atoms with Crippen molar-refractivity contribution in [3.63, 3.8) is 0 Å². The van der Waals surface area contributed by atoms with Crippen LogP contribution >= 0.6 is 0 Å². The summed E-state index contributed by atoms with van der Waals surface area (Å²) < 4.78 is 39.9. The first-order chi connectivity index (χ1) is 13.1. The van der Waals surface area contributed by atoms with Crippen molar-refractivity contribution in [3.8, 4) is 0 Å². The molecule has 1 rings (SSSR count). The summed E-state index contributed by atoms with van der Waals surface area (Å²) in [5.74, 6) is -1.58. The Morgan fingerprint density at radius 1 is 1.21 bits per heavy atom. The second kappa shape index (κ2) is 11.0. The molecule has 0 radical (unpaired) electrons. The number of nitrogens with two attached hydrogens (primary N) is 1. The molecule has 0 spiro atoms. The first kappa shape index (κ1) is 23.9. The molecule has 0 fully saturated rings. The van der Waals surface area contributed by atoms with Crippen LogP contribution in [0.25, 0.3) is 0 Å². The summed E-state index contributed by atoms with van der Waals surface area (Å²) in [6.45, 7) is 4.23. The van der Waals surface area contributed by atoms with E-state index in [1.165, 1.54) is 19.1 Å². The topological polar surface area (TPSA) is 154 Å². The molecule has 1 aromatic rings. The summed E-state index contributed by atoms with van der Waals surface area (Å²) >= 11 is 0. The number of hydrogen-bond acceptors (Lipinski definition) is 8. The Bertz CT molecular complexity index is 736. The maximum absolute atomic E-state index is 12.5. The Hall–Kier alpha value is -2.18. The molecule has 0 aliphatic carbocycles. The zero-order valence-corrected chi connectivity index (χ0v) is 17.4. The van der Waals surface area contributed by atoms with E-state index in [1.807, 2.05) is 0 Å². The van der Waals surface area contributed by atoms with Crippen molar-refractivity contribution in [1.82, 2.24) is 15.4 Å². The maximum Gasteiger partial charge on any atom is 0.318 e. The number of carbonyl (C=O) groups excluding carboxylic acids is 2. The quantitative estimate of drug-likeness (QED) is 0.453. The molecule has 1 atom stereocenters. The smallest absolute Gasteiger partial charge is 0.318 e. The number of aryl methyl sites for hydroxylation is 2. The van der Waals surface area contributed by atoms with Gasteiger partial charge in [-0.05, 0) is 13.8 Å². The van der Waals surface area contributed by atoms with E-state index in [1.54, 1.807) is 13.8 Å². The highest BCUT2D eigenvalue weighted by Gasteiger charge is 2.29.